The molecule has 0 radical (unpaired) electrons. The van der Waals surface area contributed by atoms with E-state index < -0.39 is 6.10 Å². The van der Waals surface area contributed by atoms with Crippen molar-refractivity contribution in [3.8, 4) is 17.2 Å². The van der Waals surface area contributed by atoms with E-state index in [1.165, 1.54) is 0 Å². The molecule has 0 bridgehead atoms. The molecule has 0 aromatic heterocycles. The molecular weight excluding hydrogens is 268 g/mol. The first kappa shape index (κ1) is 14.3. The number of hydrogen-bond acceptors (Lipinski definition) is 4. The predicted molar refractivity (Wildman–Crippen MR) is 80.9 cm³/mol. The van der Waals surface area contributed by atoms with Gasteiger partial charge in [-0.2, -0.15) is 0 Å². The molecule has 0 unspecified atom stereocenters. The topological polar surface area (TPSA) is 47.9 Å². The third-order valence-corrected chi connectivity index (χ3v) is 4.36. The highest BCUT2D eigenvalue weighted by Crippen LogP contribution is 2.50. The minimum Gasteiger partial charge on any atom is -0.496 e. The van der Waals surface area contributed by atoms with E-state index in [1.807, 2.05) is 45.9 Å². The van der Waals surface area contributed by atoms with Crippen molar-refractivity contribution in [1.82, 2.24) is 0 Å². The first-order chi connectivity index (χ1) is 9.84. The van der Waals surface area contributed by atoms with Gasteiger partial charge in [-0.1, -0.05) is 6.92 Å². The van der Waals surface area contributed by atoms with Crippen LogP contribution in [0.25, 0.3) is 6.08 Å². The first-order valence-corrected chi connectivity index (χ1v) is 7.32. The fourth-order valence-corrected chi connectivity index (χ4v) is 2.88. The zero-order valence-electron chi connectivity index (χ0n) is 13.1. The van der Waals surface area contributed by atoms with Crippen molar-refractivity contribution in [3.63, 3.8) is 0 Å². The zero-order valence-corrected chi connectivity index (χ0v) is 13.1. The van der Waals surface area contributed by atoms with E-state index in [9.17, 15) is 5.11 Å². The average Bonchev–Trinajstić information content (AvgIpc) is 2.42. The molecule has 21 heavy (non-hydrogen) atoms. The number of rotatable bonds is 1. The van der Waals surface area contributed by atoms with Gasteiger partial charge in [0, 0.05) is 12.0 Å². The average molecular weight is 290 g/mol. The lowest BCUT2D eigenvalue weighted by Crippen LogP contribution is -2.34. The fraction of sp³-hybridized carbons (Fsp3) is 0.529. The Hall–Kier alpha value is -1.68. The third-order valence-electron chi connectivity index (χ3n) is 4.36. The highest BCUT2D eigenvalue weighted by atomic mass is 16.5. The molecule has 1 aromatic carbocycles. The Morgan fingerprint density at radius 3 is 2.67 bits per heavy atom. The summed E-state index contributed by atoms with van der Waals surface area (Å²) in [5, 5.41) is 10.6. The number of benzene rings is 1. The second-order valence-electron chi connectivity index (χ2n) is 6.40. The summed E-state index contributed by atoms with van der Waals surface area (Å²) in [7, 11) is 1.60. The van der Waals surface area contributed by atoms with Crippen molar-refractivity contribution < 1.29 is 19.3 Å². The molecular formula is C17H22O4. The molecule has 4 nitrogen and oxygen atoms in total. The lowest BCUT2D eigenvalue weighted by molar-refractivity contribution is 0.0148. The van der Waals surface area contributed by atoms with Crippen molar-refractivity contribution in [1.29, 1.82) is 0 Å². The van der Waals surface area contributed by atoms with E-state index in [0.29, 0.717) is 11.5 Å². The third kappa shape index (κ3) is 2.18. The maximum Gasteiger partial charge on any atom is 0.140 e. The Labute approximate surface area is 125 Å². The van der Waals surface area contributed by atoms with Gasteiger partial charge in [-0.15, -0.1) is 0 Å². The summed E-state index contributed by atoms with van der Waals surface area (Å²) in [5.74, 6) is 2.02. The summed E-state index contributed by atoms with van der Waals surface area (Å²) in [6, 6.07) is 1.84. The molecule has 1 N–H and O–H groups in total. The van der Waals surface area contributed by atoms with Crippen LogP contribution in [0.3, 0.4) is 0 Å². The van der Waals surface area contributed by atoms with Crippen molar-refractivity contribution in [3.05, 3.63) is 23.3 Å². The van der Waals surface area contributed by atoms with Crippen LogP contribution in [0, 0.1) is 5.92 Å². The van der Waals surface area contributed by atoms with E-state index in [1.54, 1.807) is 7.11 Å². The van der Waals surface area contributed by atoms with Crippen LogP contribution in [0.5, 0.6) is 17.2 Å². The van der Waals surface area contributed by atoms with Gasteiger partial charge in [0.25, 0.3) is 0 Å². The summed E-state index contributed by atoms with van der Waals surface area (Å²) in [4.78, 5) is 0. The van der Waals surface area contributed by atoms with Gasteiger partial charge in [-0.25, -0.2) is 0 Å². The number of aliphatic hydroxyl groups is 1. The Bertz CT molecular complexity index is 603. The van der Waals surface area contributed by atoms with Gasteiger partial charge in [0.05, 0.1) is 24.3 Å². The van der Waals surface area contributed by atoms with Crippen molar-refractivity contribution in [2.24, 2.45) is 5.92 Å². The molecule has 0 fully saturated rings. The molecule has 0 spiro atoms. The number of methoxy groups -OCH3 is 1. The molecule has 2 heterocycles. The summed E-state index contributed by atoms with van der Waals surface area (Å²) >= 11 is 0. The molecule has 2 aliphatic rings. The van der Waals surface area contributed by atoms with Gasteiger partial charge >= 0.3 is 0 Å². The largest absolute Gasteiger partial charge is 0.496 e. The predicted octanol–water partition coefficient (Wildman–Crippen LogP) is 3.33. The van der Waals surface area contributed by atoms with Crippen molar-refractivity contribution in [2.75, 3.05) is 7.11 Å². The summed E-state index contributed by atoms with van der Waals surface area (Å²) < 4.78 is 17.5. The van der Waals surface area contributed by atoms with Crippen LogP contribution < -0.4 is 14.2 Å². The second kappa shape index (κ2) is 4.67. The number of ether oxygens (including phenoxy) is 3. The van der Waals surface area contributed by atoms with E-state index in [4.69, 9.17) is 14.2 Å². The van der Waals surface area contributed by atoms with E-state index in [2.05, 4.69) is 0 Å². The zero-order chi connectivity index (χ0) is 15.4. The van der Waals surface area contributed by atoms with Crippen LogP contribution >= 0.6 is 0 Å². The van der Waals surface area contributed by atoms with E-state index in [-0.39, 0.29) is 17.6 Å². The molecule has 2 aliphatic heterocycles. The molecule has 0 saturated carbocycles. The second-order valence-corrected chi connectivity index (χ2v) is 6.40. The van der Waals surface area contributed by atoms with Gasteiger partial charge in [-0.05, 0) is 32.9 Å². The first-order valence-electron chi connectivity index (χ1n) is 7.32. The van der Waals surface area contributed by atoms with Crippen molar-refractivity contribution in [2.45, 2.75) is 45.5 Å². The fourth-order valence-electron chi connectivity index (χ4n) is 2.88. The standard InChI is InChI=1S/C17H22O4/c1-9-10(2)20-16-11-6-7-17(3,4)21-12(11)8-13(19-5)14(16)15(9)18/h6-10,15,18H,1-5H3/t9-,10+,15-/m0/s1. The van der Waals surface area contributed by atoms with Gasteiger partial charge in [0.1, 0.15) is 29.0 Å². The minimum absolute atomic E-state index is 0.00868. The normalized spacial score (nSPS) is 29.0. The van der Waals surface area contributed by atoms with Crippen molar-refractivity contribution >= 4 is 6.08 Å². The molecule has 0 saturated heterocycles. The van der Waals surface area contributed by atoms with Crippen LogP contribution in [0.2, 0.25) is 0 Å². The summed E-state index contributed by atoms with van der Waals surface area (Å²) in [6.07, 6.45) is 3.34. The monoisotopic (exact) mass is 290 g/mol. The minimum atomic E-state index is -0.604. The number of hydrogen-bond donors (Lipinski definition) is 1. The summed E-state index contributed by atoms with van der Waals surface area (Å²) in [6.45, 7) is 7.95. The molecule has 0 aliphatic carbocycles. The van der Waals surface area contributed by atoms with Gasteiger partial charge < -0.3 is 19.3 Å². The smallest absolute Gasteiger partial charge is 0.140 e. The Balaban J connectivity index is 2.22. The maximum atomic E-state index is 10.6. The van der Waals surface area contributed by atoms with Crippen LogP contribution in [0.15, 0.2) is 12.1 Å². The Morgan fingerprint density at radius 2 is 2.00 bits per heavy atom. The SMILES string of the molecule is COc1cc2c(c3c1[C@@H](O)[C@@H](C)[C@@H](C)O3)C=CC(C)(C)O2. The Kier molecular flexibility index (Phi) is 3.17. The maximum absolute atomic E-state index is 10.6. The highest BCUT2D eigenvalue weighted by Gasteiger charge is 2.38. The number of fused-ring (bicyclic) bond motifs is 3. The van der Waals surface area contributed by atoms with Crippen LogP contribution in [-0.4, -0.2) is 23.9 Å². The molecule has 3 atom stereocenters. The highest BCUT2D eigenvalue weighted by molar-refractivity contribution is 5.72. The summed E-state index contributed by atoms with van der Waals surface area (Å²) in [5.41, 5.74) is 1.23. The lowest BCUT2D eigenvalue weighted by Gasteiger charge is -2.37. The van der Waals surface area contributed by atoms with Gasteiger partial charge in [-0.3, -0.25) is 0 Å². The van der Waals surface area contributed by atoms with Crippen LogP contribution in [0.1, 0.15) is 44.9 Å². The molecule has 4 heteroatoms. The van der Waals surface area contributed by atoms with Crippen LogP contribution in [0.4, 0.5) is 0 Å². The quantitative estimate of drug-likeness (QED) is 0.862. The van der Waals surface area contributed by atoms with Gasteiger partial charge in [0.2, 0.25) is 0 Å². The van der Waals surface area contributed by atoms with E-state index >= 15 is 0 Å². The molecule has 3 rings (SSSR count). The number of aliphatic hydroxyl groups excluding tert-OH is 1. The molecule has 1 aromatic rings. The Morgan fingerprint density at radius 1 is 1.29 bits per heavy atom. The van der Waals surface area contributed by atoms with Crippen LogP contribution in [-0.2, 0) is 0 Å². The lowest BCUT2D eigenvalue weighted by atomic mass is 9.87. The molecule has 0 amide bonds. The molecule has 114 valence electrons. The van der Waals surface area contributed by atoms with E-state index in [0.717, 1.165) is 16.9 Å². The van der Waals surface area contributed by atoms with Gasteiger partial charge in [0.15, 0.2) is 0 Å².